The van der Waals surface area contributed by atoms with E-state index >= 15 is 0 Å². The van der Waals surface area contributed by atoms with Gasteiger partial charge >= 0.3 is 6.09 Å². The fourth-order valence-corrected chi connectivity index (χ4v) is 3.13. The summed E-state index contributed by atoms with van der Waals surface area (Å²) in [6, 6.07) is 8.30. The minimum absolute atomic E-state index is 0.434. The van der Waals surface area contributed by atoms with E-state index in [1.807, 2.05) is 24.3 Å². The Morgan fingerprint density at radius 2 is 2.20 bits per heavy atom. The van der Waals surface area contributed by atoms with Crippen LogP contribution in [0.15, 0.2) is 36.7 Å². The Hall–Kier alpha value is -2.54. The summed E-state index contributed by atoms with van der Waals surface area (Å²) in [4.78, 5) is 13.1. The summed E-state index contributed by atoms with van der Waals surface area (Å²) in [7, 11) is 0. The Bertz CT molecular complexity index is 699. The molecule has 3 rings (SSSR count). The number of amides is 1. The van der Waals surface area contributed by atoms with Crippen molar-refractivity contribution in [1.82, 2.24) is 14.7 Å². The number of aromatic nitrogens is 2. The maximum Gasteiger partial charge on any atom is 0.409 e. The first-order valence-corrected chi connectivity index (χ1v) is 8.64. The van der Waals surface area contributed by atoms with Crippen LogP contribution in [0, 0.1) is 0 Å². The largest absolute Gasteiger partial charge is 0.494 e. The molecule has 1 saturated heterocycles. The Morgan fingerprint density at radius 3 is 2.88 bits per heavy atom. The van der Waals surface area contributed by atoms with Gasteiger partial charge in [0.1, 0.15) is 5.75 Å². The van der Waals surface area contributed by atoms with Crippen molar-refractivity contribution in [3.63, 3.8) is 0 Å². The highest BCUT2D eigenvalue weighted by Gasteiger charge is 2.19. The average Bonchev–Trinajstić information content (AvgIpc) is 3.21. The van der Waals surface area contributed by atoms with Crippen molar-refractivity contribution in [2.45, 2.75) is 32.2 Å². The van der Waals surface area contributed by atoms with E-state index in [-0.39, 0.29) is 0 Å². The SMILES string of the molecule is CC1CCCN1CCCOc1ccc(-n2cc(NC(=O)O)cn2)cc1. The van der Waals surface area contributed by atoms with E-state index in [0.717, 1.165) is 24.4 Å². The number of carbonyl (C=O) groups is 1. The molecular weight excluding hydrogens is 320 g/mol. The van der Waals surface area contributed by atoms with Crippen LogP contribution in [-0.2, 0) is 0 Å². The van der Waals surface area contributed by atoms with E-state index in [0.29, 0.717) is 18.3 Å². The van der Waals surface area contributed by atoms with E-state index in [4.69, 9.17) is 9.84 Å². The van der Waals surface area contributed by atoms with Crippen molar-refractivity contribution >= 4 is 11.8 Å². The number of carboxylic acid groups (broad SMARTS) is 1. The van der Waals surface area contributed by atoms with Gasteiger partial charge in [-0.1, -0.05) is 0 Å². The molecule has 7 nitrogen and oxygen atoms in total. The van der Waals surface area contributed by atoms with Crippen molar-refractivity contribution in [3.8, 4) is 11.4 Å². The van der Waals surface area contributed by atoms with Gasteiger partial charge in [-0.2, -0.15) is 5.10 Å². The van der Waals surface area contributed by atoms with E-state index in [1.165, 1.54) is 25.6 Å². The van der Waals surface area contributed by atoms with Crippen LogP contribution in [0.4, 0.5) is 10.5 Å². The van der Waals surface area contributed by atoms with Gasteiger partial charge in [-0.05, 0) is 57.0 Å². The second-order valence-corrected chi connectivity index (χ2v) is 6.33. The van der Waals surface area contributed by atoms with Crippen LogP contribution < -0.4 is 10.1 Å². The summed E-state index contributed by atoms with van der Waals surface area (Å²) >= 11 is 0. The first kappa shape index (κ1) is 17.3. The summed E-state index contributed by atoms with van der Waals surface area (Å²) in [6.45, 7) is 5.29. The molecule has 7 heteroatoms. The zero-order valence-electron chi connectivity index (χ0n) is 14.4. The predicted octanol–water partition coefficient (Wildman–Crippen LogP) is 3.22. The molecule has 2 heterocycles. The summed E-state index contributed by atoms with van der Waals surface area (Å²) in [5.74, 6) is 0.828. The van der Waals surface area contributed by atoms with Gasteiger partial charge in [0.05, 0.1) is 30.4 Å². The van der Waals surface area contributed by atoms with Crippen molar-refractivity contribution in [1.29, 1.82) is 0 Å². The molecule has 1 aliphatic rings. The Kier molecular flexibility index (Phi) is 5.55. The van der Waals surface area contributed by atoms with Crippen LogP contribution in [0.25, 0.3) is 5.69 Å². The van der Waals surface area contributed by atoms with Crippen LogP contribution in [0.5, 0.6) is 5.75 Å². The van der Waals surface area contributed by atoms with Crippen LogP contribution in [-0.4, -0.2) is 51.6 Å². The van der Waals surface area contributed by atoms with E-state index in [9.17, 15) is 4.79 Å². The topological polar surface area (TPSA) is 79.6 Å². The van der Waals surface area contributed by atoms with Gasteiger partial charge in [0, 0.05) is 12.6 Å². The molecule has 1 aliphatic heterocycles. The minimum Gasteiger partial charge on any atom is -0.494 e. The number of ether oxygens (including phenoxy) is 1. The van der Waals surface area contributed by atoms with Crippen LogP contribution >= 0.6 is 0 Å². The first-order chi connectivity index (χ1) is 12.1. The molecule has 0 bridgehead atoms. The number of anilines is 1. The molecular formula is C18H24N4O3. The monoisotopic (exact) mass is 344 g/mol. The number of rotatable bonds is 7. The molecule has 1 atom stereocenters. The molecule has 2 N–H and O–H groups in total. The zero-order valence-corrected chi connectivity index (χ0v) is 14.4. The van der Waals surface area contributed by atoms with Gasteiger partial charge in [-0.15, -0.1) is 0 Å². The highest BCUT2D eigenvalue weighted by atomic mass is 16.5. The molecule has 0 saturated carbocycles. The second-order valence-electron chi connectivity index (χ2n) is 6.33. The molecule has 0 aliphatic carbocycles. The maximum absolute atomic E-state index is 10.6. The van der Waals surface area contributed by atoms with Gasteiger partial charge in [-0.3, -0.25) is 5.32 Å². The highest BCUT2D eigenvalue weighted by molar-refractivity contribution is 5.82. The third kappa shape index (κ3) is 4.73. The van der Waals surface area contributed by atoms with Gasteiger partial charge < -0.3 is 14.7 Å². The van der Waals surface area contributed by atoms with Crippen molar-refractivity contribution in [2.24, 2.45) is 0 Å². The number of hydrogen-bond acceptors (Lipinski definition) is 4. The zero-order chi connectivity index (χ0) is 17.6. The lowest BCUT2D eigenvalue weighted by molar-refractivity contribution is 0.209. The lowest BCUT2D eigenvalue weighted by Crippen LogP contribution is -2.28. The molecule has 25 heavy (non-hydrogen) atoms. The summed E-state index contributed by atoms with van der Waals surface area (Å²) in [6.07, 6.45) is 5.63. The molecule has 0 radical (unpaired) electrons. The number of nitrogens with zero attached hydrogens (tertiary/aromatic N) is 3. The summed E-state index contributed by atoms with van der Waals surface area (Å²) < 4.78 is 7.42. The molecule has 1 aromatic carbocycles. The molecule has 0 spiro atoms. The molecule has 2 aromatic rings. The number of hydrogen-bond donors (Lipinski definition) is 2. The van der Waals surface area contributed by atoms with Crippen molar-refractivity contribution < 1.29 is 14.6 Å². The molecule has 1 fully saturated rings. The smallest absolute Gasteiger partial charge is 0.409 e. The molecule has 134 valence electrons. The fraction of sp³-hybridized carbons (Fsp3) is 0.444. The number of benzene rings is 1. The van der Waals surface area contributed by atoms with Crippen LogP contribution in [0.1, 0.15) is 26.2 Å². The molecule has 1 unspecified atom stereocenters. The lowest BCUT2D eigenvalue weighted by atomic mass is 10.2. The van der Waals surface area contributed by atoms with Gasteiger partial charge in [0.2, 0.25) is 0 Å². The van der Waals surface area contributed by atoms with E-state index in [2.05, 4.69) is 22.2 Å². The number of nitrogens with one attached hydrogen (secondary N) is 1. The average molecular weight is 344 g/mol. The van der Waals surface area contributed by atoms with Crippen LogP contribution in [0.2, 0.25) is 0 Å². The lowest BCUT2D eigenvalue weighted by Gasteiger charge is -2.20. The first-order valence-electron chi connectivity index (χ1n) is 8.64. The standard InChI is InChI=1S/C18H24N4O3/c1-14-4-2-9-21(14)10-3-11-25-17-7-5-16(6-8-17)22-13-15(12-19-22)20-18(23)24/h5-8,12-14,20H,2-4,9-11H2,1H3,(H,23,24). The quantitative estimate of drug-likeness (QED) is 0.754. The summed E-state index contributed by atoms with van der Waals surface area (Å²) in [5, 5.41) is 15.1. The Morgan fingerprint density at radius 1 is 1.40 bits per heavy atom. The van der Waals surface area contributed by atoms with E-state index < -0.39 is 6.09 Å². The van der Waals surface area contributed by atoms with Crippen molar-refractivity contribution in [3.05, 3.63) is 36.7 Å². The van der Waals surface area contributed by atoms with Gasteiger partial charge in [0.15, 0.2) is 0 Å². The minimum atomic E-state index is -1.10. The van der Waals surface area contributed by atoms with Gasteiger partial charge in [-0.25, -0.2) is 9.48 Å². The normalized spacial score (nSPS) is 17.6. The number of likely N-dealkylation sites (tertiary alicyclic amines) is 1. The predicted molar refractivity (Wildman–Crippen MR) is 95.6 cm³/mol. The van der Waals surface area contributed by atoms with Crippen molar-refractivity contribution in [2.75, 3.05) is 25.0 Å². The fourth-order valence-electron chi connectivity index (χ4n) is 3.13. The van der Waals surface area contributed by atoms with Crippen LogP contribution in [0.3, 0.4) is 0 Å². The third-order valence-electron chi connectivity index (χ3n) is 4.48. The Labute approximate surface area is 147 Å². The van der Waals surface area contributed by atoms with E-state index in [1.54, 1.807) is 10.9 Å². The Balaban J connectivity index is 1.47. The van der Waals surface area contributed by atoms with Gasteiger partial charge in [0.25, 0.3) is 0 Å². The second kappa shape index (κ2) is 8.02. The summed E-state index contributed by atoms with van der Waals surface area (Å²) in [5.41, 5.74) is 1.28. The maximum atomic E-state index is 10.6. The highest BCUT2D eigenvalue weighted by Crippen LogP contribution is 2.18. The third-order valence-corrected chi connectivity index (χ3v) is 4.48. The molecule has 1 aromatic heterocycles. The molecule has 1 amide bonds.